The quantitative estimate of drug-likeness (QED) is 0.477. The van der Waals surface area contributed by atoms with Crippen LogP contribution >= 0.6 is 0 Å². The molecule has 3 aromatic rings. The number of hydrogen-bond acceptors (Lipinski definition) is 4. The predicted octanol–water partition coefficient (Wildman–Crippen LogP) is 5.89. The van der Waals surface area contributed by atoms with E-state index in [-0.39, 0.29) is 5.91 Å². The second kappa shape index (κ2) is 9.43. The first-order valence-corrected chi connectivity index (χ1v) is 10.5. The molecule has 0 aliphatic carbocycles. The van der Waals surface area contributed by atoms with Crippen LogP contribution in [0.5, 0.6) is 17.2 Å². The Morgan fingerprint density at radius 2 is 1.69 bits per heavy atom. The molecule has 32 heavy (non-hydrogen) atoms. The summed E-state index contributed by atoms with van der Waals surface area (Å²) in [4.78, 5) is 27.0. The van der Waals surface area contributed by atoms with E-state index in [4.69, 9.17) is 9.47 Å². The highest BCUT2D eigenvalue weighted by atomic mass is 16.5. The highest BCUT2D eigenvalue weighted by Crippen LogP contribution is 2.38. The van der Waals surface area contributed by atoms with Crippen molar-refractivity contribution < 1.29 is 19.1 Å². The molecule has 3 aromatic carbocycles. The summed E-state index contributed by atoms with van der Waals surface area (Å²) < 4.78 is 11.6. The zero-order chi connectivity index (χ0) is 22.5. The van der Waals surface area contributed by atoms with Gasteiger partial charge in [-0.25, -0.2) is 4.79 Å². The minimum absolute atomic E-state index is 0.215. The Morgan fingerprint density at radius 1 is 0.969 bits per heavy atom. The van der Waals surface area contributed by atoms with Gasteiger partial charge < -0.3 is 25.0 Å². The van der Waals surface area contributed by atoms with Crippen LogP contribution in [0.15, 0.2) is 66.7 Å². The molecule has 0 saturated heterocycles. The molecule has 1 aliphatic rings. The van der Waals surface area contributed by atoms with Crippen molar-refractivity contribution in [2.45, 2.75) is 19.8 Å². The number of anilines is 3. The van der Waals surface area contributed by atoms with Crippen LogP contribution in [0.1, 0.15) is 30.1 Å². The van der Waals surface area contributed by atoms with Gasteiger partial charge in [-0.3, -0.25) is 4.79 Å². The Kier molecular flexibility index (Phi) is 6.26. The average molecular weight is 431 g/mol. The van der Waals surface area contributed by atoms with Crippen LogP contribution in [0, 0.1) is 0 Å². The molecule has 1 heterocycles. The van der Waals surface area contributed by atoms with E-state index in [1.165, 1.54) is 4.90 Å². The highest BCUT2D eigenvalue weighted by molar-refractivity contribution is 6.10. The largest absolute Gasteiger partial charge is 0.494 e. The number of carbonyl (C=O) groups excluding carboxylic acids is 2. The number of para-hydroxylation sites is 2. The molecular weight excluding hydrogens is 406 g/mol. The van der Waals surface area contributed by atoms with Crippen LogP contribution in [0.25, 0.3) is 0 Å². The molecule has 0 saturated carbocycles. The zero-order valence-corrected chi connectivity index (χ0v) is 18.1. The van der Waals surface area contributed by atoms with Crippen LogP contribution in [-0.2, 0) is 0 Å². The molecule has 0 spiro atoms. The third kappa shape index (κ3) is 4.67. The number of rotatable bonds is 6. The third-order valence-corrected chi connectivity index (χ3v) is 5.10. The first-order valence-electron chi connectivity index (χ1n) is 10.5. The number of amides is 3. The minimum atomic E-state index is -0.414. The van der Waals surface area contributed by atoms with Gasteiger partial charge in [0.25, 0.3) is 5.91 Å². The van der Waals surface area contributed by atoms with Crippen LogP contribution in [0.4, 0.5) is 21.9 Å². The van der Waals surface area contributed by atoms with E-state index >= 15 is 0 Å². The van der Waals surface area contributed by atoms with Gasteiger partial charge in [0.2, 0.25) is 0 Å². The first kappa shape index (κ1) is 21.2. The number of unbranched alkanes of at least 4 members (excludes halogenated alkanes) is 1. The summed E-state index contributed by atoms with van der Waals surface area (Å²) in [6, 6.07) is 19.1. The van der Waals surface area contributed by atoms with Crippen LogP contribution in [0.3, 0.4) is 0 Å². The number of nitrogens with zero attached hydrogens (tertiary/aromatic N) is 1. The van der Waals surface area contributed by atoms with Gasteiger partial charge >= 0.3 is 6.03 Å². The Hall–Kier alpha value is -4.00. The average Bonchev–Trinajstić information content (AvgIpc) is 2.90. The number of benzene rings is 3. The van der Waals surface area contributed by atoms with E-state index in [2.05, 4.69) is 17.6 Å². The molecule has 164 valence electrons. The first-order chi connectivity index (χ1) is 15.5. The number of hydrogen-bond donors (Lipinski definition) is 2. The molecule has 7 nitrogen and oxygen atoms in total. The number of nitrogens with one attached hydrogen (secondary N) is 2. The van der Waals surface area contributed by atoms with Crippen molar-refractivity contribution in [2.75, 3.05) is 29.2 Å². The molecule has 1 aliphatic heterocycles. The van der Waals surface area contributed by atoms with Crippen molar-refractivity contribution in [3.8, 4) is 17.2 Å². The van der Waals surface area contributed by atoms with Crippen molar-refractivity contribution in [1.29, 1.82) is 0 Å². The van der Waals surface area contributed by atoms with Crippen molar-refractivity contribution in [2.24, 2.45) is 0 Å². The molecule has 0 unspecified atom stereocenters. The van der Waals surface area contributed by atoms with E-state index in [1.54, 1.807) is 37.4 Å². The van der Waals surface area contributed by atoms with Gasteiger partial charge in [-0.2, -0.15) is 0 Å². The van der Waals surface area contributed by atoms with Crippen molar-refractivity contribution in [3.05, 3.63) is 72.3 Å². The fourth-order valence-corrected chi connectivity index (χ4v) is 3.36. The van der Waals surface area contributed by atoms with Gasteiger partial charge in [0.15, 0.2) is 5.75 Å². The van der Waals surface area contributed by atoms with E-state index in [1.807, 2.05) is 36.4 Å². The fourth-order valence-electron chi connectivity index (χ4n) is 3.36. The van der Waals surface area contributed by atoms with E-state index < -0.39 is 6.03 Å². The minimum Gasteiger partial charge on any atom is -0.494 e. The molecule has 0 fully saturated rings. The Morgan fingerprint density at radius 3 is 2.47 bits per heavy atom. The van der Waals surface area contributed by atoms with E-state index in [0.717, 1.165) is 18.6 Å². The van der Waals surface area contributed by atoms with Gasteiger partial charge in [-0.05, 0) is 61.0 Å². The summed E-state index contributed by atoms with van der Waals surface area (Å²) in [5.74, 6) is 1.59. The fraction of sp³-hybridized carbons (Fsp3) is 0.200. The van der Waals surface area contributed by atoms with E-state index in [0.29, 0.717) is 40.7 Å². The van der Waals surface area contributed by atoms with Crippen molar-refractivity contribution in [3.63, 3.8) is 0 Å². The number of ether oxygens (including phenoxy) is 2. The van der Waals surface area contributed by atoms with Crippen molar-refractivity contribution >= 4 is 29.0 Å². The zero-order valence-electron chi connectivity index (χ0n) is 18.1. The number of fused-ring (bicyclic) bond motifs is 2. The molecule has 0 aromatic heterocycles. The molecular formula is C25H25N3O4. The summed E-state index contributed by atoms with van der Waals surface area (Å²) in [5.41, 5.74) is 2.17. The van der Waals surface area contributed by atoms with Crippen LogP contribution in [-0.4, -0.2) is 25.6 Å². The Bertz CT molecular complexity index is 1130. The van der Waals surface area contributed by atoms with Crippen LogP contribution < -0.4 is 25.0 Å². The molecule has 3 amide bonds. The molecule has 4 rings (SSSR count). The lowest BCUT2D eigenvalue weighted by Gasteiger charge is -2.16. The molecule has 2 N–H and O–H groups in total. The summed E-state index contributed by atoms with van der Waals surface area (Å²) in [6.45, 7) is 2.78. The smallest absolute Gasteiger partial charge is 0.323 e. The Balaban J connectivity index is 1.43. The maximum atomic E-state index is 13.0. The molecule has 0 atom stereocenters. The normalized spacial score (nSPS) is 12.2. The lowest BCUT2D eigenvalue weighted by Crippen LogP contribution is -2.25. The standard InChI is InChI=1S/C25H25N3O4/c1-3-4-15-31-19-12-9-17(10-13-19)26-25(30)27-18-11-14-22-20(16-18)24(29)28(2)21-7-5-6-8-23(21)32-22/h5-14,16H,3-4,15H2,1-2H3,(H2,26,27,30). The summed E-state index contributed by atoms with van der Waals surface area (Å²) in [7, 11) is 1.70. The maximum absolute atomic E-state index is 13.0. The maximum Gasteiger partial charge on any atom is 0.323 e. The van der Waals surface area contributed by atoms with E-state index in [9.17, 15) is 9.59 Å². The third-order valence-electron chi connectivity index (χ3n) is 5.10. The molecule has 7 heteroatoms. The monoisotopic (exact) mass is 431 g/mol. The topological polar surface area (TPSA) is 79.9 Å². The molecule has 0 bridgehead atoms. The summed E-state index contributed by atoms with van der Waals surface area (Å²) in [6.07, 6.45) is 2.07. The van der Waals surface area contributed by atoms with Gasteiger partial charge in [-0.1, -0.05) is 25.5 Å². The second-order valence-electron chi connectivity index (χ2n) is 7.45. The highest BCUT2D eigenvalue weighted by Gasteiger charge is 2.25. The lowest BCUT2D eigenvalue weighted by molar-refractivity contribution is 0.0993. The predicted molar refractivity (Wildman–Crippen MR) is 125 cm³/mol. The SMILES string of the molecule is CCCCOc1ccc(NC(=O)Nc2ccc3c(c2)C(=O)N(C)c2ccccc2O3)cc1. The van der Waals surface area contributed by atoms with Gasteiger partial charge in [0.05, 0.1) is 17.9 Å². The molecule has 0 radical (unpaired) electrons. The van der Waals surface area contributed by atoms with Crippen molar-refractivity contribution in [1.82, 2.24) is 0 Å². The van der Waals surface area contributed by atoms with Gasteiger partial charge in [0.1, 0.15) is 11.5 Å². The summed E-state index contributed by atoms with van der Waals surface area (Å²) in [5, 5.41) is 5.55. The number of urea groups is 1. The van der Waals surface area contributed by atoms with Gasteiger partial charge in [-0.15, -0.1) is 0 Å². The van der Waals surface area contributed by atoms with Gasteiger partial charge in [0, 0.05) is 18.4 Å². The summed E-state index contributed by atoms with van der Waals surface area (Å²) >= 11 is 0. The van der Waals surface area contributed by atoms with Crippen LogP contribution in [0.2, 0.25) is 0 Å². The Labute approximate surface area is 187 Å². The lowest BCUT2D eigenvalue weighted by atomic mass is 10.1. The number of carbonyl (C=O) groups is 2. The second-order valence-corrected chi connectivity index (χ2v) is 7.45.